The van der Waals surface area contributed by atoms with E-state index >= 15 is 0 Å². The molecule has 1 rings (SSSR count). The lowest BCUT2D eigenvalue weighted by molar-refractivity contribution is 0.0767. The molecule has 1 amide bonds. The molecule has 0 spiro atoms. The second-order valence-corrected chi connectivity index (χ2v) is 4.73. The smallest absolute Gasteiger partial charge is 0.272 e. The Morgan fingerprint density at radius 2 is 1.65 bits per heavy atom. The van der Waals surface area contributed by atoms with Crippen LogP contribution in [0.4, 0.5) is 5.82 Å². The van der Waals surface area contributed by atoms with E-state index in [0.29, 0.717) is 18.8 Å². The van der Waals surface area contributed by atoms with Crippen molar-refractivity contribution in [1.82, 2.24) is 14.9 Å². The van der Waals surface area contributed by atoms with Crippen LogP contribution in [-0.4, -0.2) is 47.0 Å². The Labute approximate surface area is 122 Å². The average Bonchev–Trinajstić information content (AvgIpc) is 2.48. The van der Waals surface area contributed by atoms with E-state index in [2.05, 4.69) is 28.7 Å². The quantitative estimate of drug-likeness (QED) is 0.733. The molecule has 0 fully saturated rings. The number of nitrogens with zero attached hydrogens (tertiary/aromatic N) is 4. The Kier molecular flexibility index (Phi) is 6.98. The molecule has 0 unspecified atom stereocenters. The number of amides is 1. The molecule has 1 heterocycles. The van der Waals surface area contributed by atoms with Gasteiger partial charge in [0.2, 0.25) is 0 Å². The van der Waals surface area contributed by atoms with Crippen LogP contribution in [0.1, 0.15) is 51.0 Å². The lowest BCUT2D eigenvalue weighted by atomic mass is 10.3. The Bertz CT molecular complexity index is 412. The molecule has 0 saturated heterocycles. The van der Waals surface area contributed by atoms with Crippen molar-refractivity contribution in [3.05, 3.63) is 18.1 Å². The highest BCUT2D eigenvalue weighted by Gasteiger charge is 2.16. The van der Waals surface area contributed by atoms with Crippen LogP contribution < -0.4 is 4.90 Å². The van der Waals surface area contributed by atoms with Crippen molar-refractivity contribution in [3.63, 3.8) is 0 Å². The van der Waals surface area contributed by atoms with Gasteiger partial charge in [-0.15, -0.1) is 0 Å². The summed E-state index contributed by atoms with van der Waals surface area (Å²) in [6.07, 6.45) is 3.61. The summed E-state index contributed by atoms with van der Waals surface area (Å²) in [5.74, 6) is 0.825. The molecular formula is C15H26N4O. The zero-order valence-electron chi connectivity index (χ0n) is 13.1. The van der Waals surface area contributed by atoms with E-state index in [4.69, 9.17) is 0 Å². The number of hydrogen-bond acceptors (Lipinski definition) is 4. The number of anilines is 1. The lowest BCUT2D eigenvalue weighted by Crippen LogP contribution is -2.32. The summed E-state index contributed by atoms with van der Waals surface area (Å²) in [5, 5.41) is 0. The summed E-state index contributed by atoms with van der Waals surface area (Å²) in [4.78, 5) is 24.7. The summed E-state index contributed by atoms with van der Waals surface area (Å²) < 4.78 is 0. The Balaban J connectivity index is 2.96. The van der Waals surface area contributed by atoms with Gasteiger partial charge in [0.25, 0.3) is 5.91 Å². The SMILES string of the molecule is CCCN(CCC)c1cc(C(=O)N(CC)CC)ncn1. The van der Waals surface area contributed by atoms with Gasteiger partial charge in [-0.1, -0.05) is 13.8 Å². The first-order valence-corrected chi connectivity index (χ1v) is 7.54. The third kappa shape index (κ3) is 4.18. The minimum Gasteiger partial charge on any atom is -0.357 e. The van der Waals surface area contributed by atoms with Crippen LogP contribution in [0.15, 0.2) is 12.4 Å². The fourth-order valence-electron chi connectivity index (χ4n) is 2.19. The number of carbonyl (C=O) groups is 1. The molecule has 5 heteroatoms. The molecule has 0 bridgehead atoms. The van der Waals surface area contributed by atoms with E-state index in [1.165, 1.54) is 6.33 Å². The van der Waals surface area contributed by atoms with E-state index in [9.17, 15) is 4.79 Å². The zero-order chi connectivity index (χ0) is 15.0. The van der Waals surface area contributed by atoms with E-state index in [1.807, 2.05) is 19.9 Å². The van der Waals surface area contributed by atoms with Crippen molar-refractivity contribution < 1.29 is 4.79 Å². The molecule has 0 aromatic carbocycles. The molecule has 0 N–H and O–H groups in total. The molecule has 20 heavy (non-hydrogen) atoms. The molecule has 0 aliphatic heterocycles. The molecule has 0 aliphatic rings. The maximum absolute atomic E-state index is 12.3. The first-order valence-electron chi connectivity index (χ1n) is 7.54. The van der Waals surface area contributed by atoms with Gasteiger partial charge in [-0.3, -0.25) is 4.79 Å². The van der Waals surface area contributed by atoms with Gasteiger partial charge >= 0.3 is 0 Å². The average molecular weight is 278 g/mol. The molecule has 0 atom stereocenters. The minimum absolute atomic E-state index is 0.0217. The fourth-order valence-corrected chi connectivity index (χ4v) is 2.19. The van der Waals surface area contributed by atoms with Crippen molar-refractivity contribution in [2.24, 2.45) is 0 Å². The number of carbonyl (C=O) groups excluding carboxylic acids is 1. The Morgan fingerprint density at radius 1 is 1.05 bits per heavy atom. The highest BCUT2D eigenvalue weighted by molar-refractivity contribution is 5.92. The molecular weight excluding hydrogens is 252 g/mol. The number of rotatable bonds is 8. The third-order valence-corrected chi connectivity index (χ3v) is 3.23. The second kappa shape index (κ2) is 8.51. The molecule has 1 aromatic rings. The van der Waals surface area contributed by atoms with E-state index < -0.39 is 0 Å². The second-order valence-electron chi connectivity index (χ2n) is 4.73. The summed E-state index contributed by atoms with van der Waals surface area (Å²) in [7, 11) is 0. The predicted molar refractivity (Wildman–Crippen MR) is 82.1 cm³/mol. The molecule has 1 aromatic heterocycles. The Morgan fingerprint density at radius 3 is 2.15 bits per heavy atom. The maximum atomic E-state index is 12.3. The summed E-state index contributed by atoms with van der Waals surface area (Å²) in [6, 6.07) is 1.81. The predicted octanol–water partition coefficient (Wildman–Crippen LogP) is 2.59. The first kappa shape index (κ1) is 16.4. The monoisotopic (exact) mass is 278 g/mol. The normalized spacial score (nSPS) is 10.4. The fraction of sp³-hybridized carbons (Fsp3) is 0.667. The molecule has 0 aliphatic carbocycles. The van der Waals surface area contributed by atoms with Crippen LogP contribution in [-0.2, 0) is 0 Å². The van der Waals surface area contributed by atoms with Crippen LogP contribution >= 0.6 is 0 Å². The van der Waals surface area contributed by atoms with E-state index in [1.54, 1.807) is 4.90 Å². The highest BCUT2D eigenvalue weighted by Crippen LogP contribution is 2.13. The molecule has 0 saturated carbocycles. The summed E-state index contributed by atoms with van der Waals surface area (Å²) >= 11 is 0. The van der Waals surface area contributed by atoms with Crippen LogP contribution in [0.3, 0.4) is 0 Å². The van der Waals surface area contributed by atoms with Crippen molar-refractivity contribution in [1.29, 1.82) is 0 Å². The van der Waals surface area contributed by atoms with Gasteiger partial charge in [-0.05, 0) is 26.7 Å². The van der Waals surface area contributed by atoms with Gasteiger partial charge in [-0.25, -0.2) is 9.97 Å². The number of hydrogen-bond donors (Lipinski definition) is 0. The first-order chi connectivity index (χ1) is 9.67. The van der Waals surface area contributed by atoms with Crippen molar-refractivity contribution in [2.45, 2.75) is 40.5 Å². The standard InChI is InChI=1S/C15H26N4O/c1-5-9-19(10-6-2)14-11-13(16-12-17-14)15(20)18(7-3)8-4/h11-12H,5-10H2,1-4H3. The number of aromatic nitrogens is 2. The molecule has 5 nitrogen and oxygen atoms in total. The van der Waals surface area contributed by atoms with E-state index in [-0.39, 0.29) is 5.91 Å². The van der Waals surface area contributed by atoms with Crippen molar-refractivity contribution >= 4 is 11.7 Å². The maximum Gasteiger partial charge on any atom is 0.272 e. The van der Waals surface area contributed by atoms with Crippen LogP contribution in [0.2, 0.25) is 0 Å². The molecule has 112 valence electrons. The summed E-state index contributed by atoms with van der Waals surface area (Å²) in [5.41, 5.74) is 0.482. The molecule has 0 radical (unpaired) electrons. The van der Waals surface area contributed by atoms with Crippen LogP contribution in [0.25, 0.3) is 0 Å². The largest absolute Gasteiger partial charge is 0.357 e. The van der Waals surface area contributed by atoms with Gasteiger partial charge in [0, 0.05) is 32.2 Å². The van der Waals surface area contributed by atoms with E-state index in [0.717, 1.165) is 31.7 Å². The van der Waals surface area contributed by atoms with Gasteiger partial charge in [0.15, 0.2) is 0 Å². The van der Waals surface area contributed by atoms with Crippen LogP contribution in [0, 0.1) is 0 Å². The van der Waals surface area contributed by atoms with Gasteiger partial charge in [0.05, 0.1) is 0 Å². The topological polar surface area (TPSA) is 49.3 Å². The van der Waals surface area contributed by atoms with Crippen molar-refractivity contribution in [3.8, 4) is 0 Å². The van der Waals surface area contributed by atoms with Gasteiger partial charge < -0.3 is 9.80 Å². The van der Waals surface area contributed by atoms with Gasteiger partial charge in [-0.2, -0.15) is 0 Å². The van der Waals surface area contributed by atoms with Gasteiger partial charge in [0.1, 0.15) is 17.8 Å². The zero-order valence-corrected chi connectivity index (χ0v) is 13.1. The summed E-state index contributed by atoms with van der Waals surface area (Å²) in [6.45, 7) is 11.5. The van der Waals surface area contributed by atoms with Crippen molar-refractivity contribution in [2.75, 3.05) is 31.1 Å². The third-order valence-electron chi connectivity index (χ3n) is 3.23. The minimum atomic E-state index is -0.0217. The highest BCUT2D eigenvalue weighted by atomic mass is 16.2. The van der Waals surface area contributed by atoms with Crippen LogP contribution in [0.5, 0.6) is 0 Å². The Hall–Kier alpha value is -1.65. The lowest BCUT2D eigenvalue weighted by Gasteiger charge is -2.23.